The number of halogens is 1. The predicted molar refractivity (Wildman–Crippen MR) is 151 cm³/mol. The third-order valence-corrected chi connectivity index (χ3v) is 7.81. The van der Waals surface area contributed by atoms with Gasteiger partial charge in [-0.1, -0.05) is 35.9 Å². The molecule has 3 rings (SSSR count). The third kappa shape index (κ3) is 9.51. The smallest absolute Gasteiger partial charge is 0.410 e. The van der Waals surface area contributed by atoms with Gasteiger partial charge in [-0.25, -0.2) is 17.9 Å². The zero-order valence-electron chi connectivity index (χ0n) is 23.5. The number of sulfonamides is 1. The molecule has 0 aliphatic carbocycles. The second-order valence-electron chi connectivity index (χ2n) is 11.9. The molecule has 39 heavy (non-hydrogen) atoms. The van der Waals surface area contributed by atoms with E-state index in [-0.39, 0.29) is 29.7 Å². The molecule has 2 aromatic rings. The van der Waals surface area contributed by atoms with E-state index in [1.807, 2.05) is 41.5 Å². The molecule has 1 aliphatic rings. The minimum absolute atomic E-state index is 0.0935. The van der Waals surface area contributed by atoms with Crippen LogP contribution in [0.3, 0.4) is 0 Å². The van der Waals surface area contributed by atoms with Crippen LogP contribution in [0.1, 0.15) is 59.1 Å². The number of ether oxygens (including phenoxy) is 2. The molecular weight excluding hydrogens is 540 g/mol. The average Bonchev–Trinajstić information content (AvgIpc) is 3.29. The Bertz CT molecular complexity index is 1280. The van der Waals surface area contributed by atoms with Gasteiger partial charge in [0.05, 0.1) is 10.8 Å². The Morgan fingerprint density at radius 2 is 1.64 bits per heavy atom. The zero-order valence-corrected chi connectivity index (χ0v) is 25.1. The van der Waals surface area contributed by atoms with E-state index >= 15 is 0 Å². The first-order valence-electron chi connectivity index (χ1n) is 13.1. The molecule has 2 atom stereocenters. The van der Waals surface area contributed by atoms with Crippen molar-refractivity contribution in [2.45, 2.75) is 77.0 Å². The molecule has 0 unspecified atom stereocenters. The number of carbonyl (C=O) groups is 2. The molecule has 1 N–H and O–H groups in total. The lowest BCUT2D eigenvalue weighted by Crippen LogP contribution is -2.38. The van der Waals surface area contributed by atoms with Gasteiger partial charge < -0.3 is 14.4 Å². The fraction of sp³-hybridized carbons (Fsp3) is 0.517. The highest BCUT2D eigenvalue weighted by atomic mass is 35.5. The van der Waals surface area contributed by atoms with Gasteiger partial charge in [-0.2, -0.15) is 0 Å². The maximum absolute atomic E-state index is 13.3. The van der Waals surface area contributed by atoms with E-state index in [2.05, 4.69) is 4.72 Å². The van der Waals surface area contributed by atoms with Crippen molar-refractivity contribution in [3.05, 3.63) is 64.7 Å². The van der Waals surface area contributed by atoms with Crippen LogP contribution in [-0.4, -0.2) is 49.7 Å². The van der Waals surface area contributed by atoms with Crippen LogP contribution < -0.4 is 4.72 Å². The first-order chi connectivity index (χ1) is 18.0. The molecule has 0 radical (unpaired) electrons. The van der Waals surface area contributed by atoms with Crippen molar-refractivity contribution in [2.75, 3.05) is 13.1 Å². The van der Waals surface area contributed by atoms with E-state index in [0.717, 1.165) is 5.56 Å². The molecule has 1 fully saturated rings. The zero-order chi connectivity index (χ0) is 29.0. The number of benzene rings is 2. The van der Waals surface area contributed by atoms with Crippen LogP contribution in [-0.2, 0) is 37.3 Å². The highest BCUT2D eigenvalue weighted by molar-refractivity contribution is 7.89. The number of nitrogens with zero attached hydrogens (tertiary/aromatic N) is 1. The summed E-state index contributed by atoms with van der Waals surface area (Å²) in [5.74, 6) is -1.09. The number of hydrogen-bond acceptors (Lipinski definition) is 6. The van der Waals surface area contributed by atoms with Crippen molar-refractivity contribution in [3.8, 4) is 0 Å². The van der Waals surface area contributed by atoms with Crippen molar-refractivity contribution in [1.82, 2.24) is 9.62 Å². The second-order valence-corrected chi connectivity index (χ2v) is 14.1. The number of carbonyl (C=O) groups excluding carboxylic acids is 2. The average molecular weight is 579 g/mol. The van der Waals surface area contributed by atoms with E-state index in [9.17, 15) is 18.0 Å². The summed E-state index contributed by atoms with van der Waals surface area (Å²) in [6.07, 6.45) is 0.480. The molecule has 0 aromatic heterocycles. The van der Waals surface area contributed by atoms with E-state index in [1.165, 1.54) is 6.07 Å². The molecule has 8 nitrogen and oxygen atoms in total. The van der Waals surface area contributed by atoms with Crippen molar-refractivity contribution >= 4 is 33.7 Å². The van der Waals surface area contributed by atoms with Gasteiger partial charge in [0.15, 0.2) is 0 Å². The number of esters is 1. The van der Waals surface area contributed by atoms with Crippen molar-refractivity contribution in [2.24, 2.45) is 11.8 Å². The monoisotopic (exact) mass is 578 g/mol. The maximum atomic E-state index is 13.3. The van der Waals surface area contributed by atoms with Crippen molar-refractivity contribution in [1.29, 1.82) is 0 Å². The number of rotatable bonds is 8. The van der Waals surface area contributed by atoms with E-state index < -0.39 is 33.2 Å². The molecule has 1 heterocycles. The summed E-state index contributed by atoms with van der Waals surface area (Å²) >= 11 is 6.01. The van der Waals surface area contributed by atoms with Crippen LogP contribution in [0.25, 0.3) is 0 Å². The molecule has 214 valence electrons. The lowest BCUT2D eigenvalue weighted by Gasteiger charge is -2.28. The Labute approximate surface area is 237 Å². The van der Waals surface area contributed by atoms with E-state index in [4.69, 9.17) is 21.1 Å². The standard InChI is InChI=1S/C29H39ClN2O6S/c1-28(2,3)37-26(33)25(22-13-14-32(19-22)27(34)38-29(4,5)6)17-20-9-8-12-24(16-20)39(35,36)31-18-21-10-7-11-23(30)15-21/h7-12,15-16,22,25,31H,13-14,17-19H2,1-6H3/t22-,25-/m0/s1. The van der Waals surface area contributed by atoms with Gasteiger partial charge in [0.2, 0.25) is 10.0 Å². The van der Waals surface area contributed by atoms with Crippen LogP contribution in [0, 0.1) is 11.8 Å². The van der Waals surface area contributed by atoms with Gasteiger partial charge in [0.25, 0.3) is 0 Å². The quantitative estimate of drug-likeness (QED) is 0.411. The molecule has 0 bridgehead atoms. The van der Waals surface area contributed by atoms with Gasteiger partial charge in [-0.15, -0.1) is 0 Å². The number of likely N-dealkylation sites (tertiary alicyclic amines) is 1. The predicted octanol–water partition coefficient (Wildman–Crippen LogP) is 5.58. The van der Waals surface area contributed by atoms with Crippen LogP contribution in [0.2, 0.25) is 5.02 Å². The second kappa shape index (κ2) is 12.3. The SMILES string of the molecule is CC(C)(C)OC(=O)[C@@H](Cc1cccc(S(=O)(=O)NCc2cccc(Cl)c2)c1)[C@H]1CCN(C(=O)OC(C)(C)C)C1. The Morgan fingerprint density at radius 3 is 2.28 bits per heavy atom. The number of nitrogens with one attached hydrogen (secondary N) is 1. The minimum atomic E-state index is -3.81. The van der Waals surface area contributed by atoms with Crippen LogP contribution in [0.5, 0.6) is 0 Å². The Hall–Kier alpha value is -2.62. The third-order valence-electron chi connectivity index (χ3n) is 6.17. The van der Waals surface area contributed by atoms with E-state index in [1.54, 1.807) is 47.4 Å². The summed E-state index contributed by atoms with van der Waals surface area (Å²) in [4.78, 5) is 27.7. The van der Waals surface area contributed by atoms with Gasteiger partial charge in [-0.05, 0) is 95.7 Å². The molecule has 1 amide bonds. The summed E-state index contributed by atoms with van der Waals surface area (Å²) in [7, 11) is -3.81. The summed E-state index contributed by atoms with van der Waals surface area (Å²) in [5.41, 5.74) is 0.121. The lowest BCUT2D eigenvalue weighted by molar-refractivity contribution is -0.161. The number of amides is 1. The normalized spacial score (nSPS) is 17.1. The van der Waals surface area contributed by atoms with Gasteiger partial charge in [0.1, 0.15) is 11.2 Å². The Balaban J connectivity index is 1.78. The molecular formula is C29H39ClN2O6S. The molecule has 1 saturated heterocycles. The molecule has 0 saturated carbocycles. The van der Waals surface area contributed by atoms with Gasteiger partial charge in [0, 0.05) is 24.7 Å². The first kappa shape index (κ1) is 30.9. The number of hydrogen-bond donors (Lipinski definition) is 1. The van der Waals surface area contributed by atoms with Crippen LogP contribution >= 0.6 is 11.6 Å². The largest absolute Gasteiger partial charge is 0.460 e. The van der Waals surface area contributed by atoms with Crippen molar-refractivity contribution in [3.63, 3.8) is 0 Å². The fourth-order valence-electron chi connectivity index (χ4n) is 4.43. The van der Waals surface area contributed by atoms with Crippen molar-refractivity contribution < 1.29 is 27.5 Å². The molecule has 1 aliphatic heterocycles. The summed E-state index contributed by atoms with van der Waals surface area (Å²) in [6, 6.07) is 13.5. The van der Waals surface area contributed by atoms with Gasteiger partial charge >= 0.3 is 12.1 Å². The Kier molecular flexibility index (Phi) is 9.73. The lowest BCUT2D eigenvalue weighted by atomic mass is 9.86. The first-order valence-corrected chi connectivity index (χ1v) is 14.9. The highest BCUT2D eigenvalue weighted by Gasteiger charge is 2.39. The minimum Gasteiger partial charge on any atom is -0.460 e. The summed E-state index contributed by atoms with van der Waals surface area (Å²) in [6.45, 7) is 11.8. The molecule has 2 aromatic carbocycles. The maximum Gasteiger partial charge on any atom is 0.410 e. The fourth-order valence-corrected chi connectivity index (χ4v) is 5.73. The Morgan fingerprint density at radius 1 is 1.00 bits per heavy atom. The molecule has 0 spiro atoms. The van der Waals surface area contributed by atoms with Gasteiger partial charge in [-0.3, -0.25) is 4.79 Å². The molecule has 10 heteroatoms. The topological polar surface area (TPSA) is 102 Å². The summed E-state index contributed by atoms with van der Waals surface area (Å²) < 4.78 is 40.0. The van der Waals surface area contributed by atoms with E-state index in [0.29, 0.717) is 30.1 Å². The highest BCUT2D eigenvalue weighted by Crippen LogP contribution is 2.31. The van der Waals surface area contributed by atoms with Crippen LogP contribution in [0.4, 0.5) is 4.79 Å². The summed E-state index contributed by atoms with van der Waals surface area (Å²) in [5, 5.41) is 0.527. The van der Waals surface area contributed by atoms with Crippen LogP contribution in [0.15, 0.2) is 53.4 Å².